The smallest absolute Gasteiger partial charge is 0.313 e. The molecule has 0 aromatic rings. The average molecular weight is 266 g/mol. The molecule has 6 atom stereocenters. The van der Waals surface area contributed by atoms with Gasteiger partial charge in [-0.1, -0.05) is 13.0 Å². The first-order valence-corrected chi connectivity index (χ1v) is 7.08. The molecule has 0 bridgehead atoms. The van der Waals surface area contributed by atoms with Crippen molar-refractivity contribution in [3.8, 4) is 0 Å². The molecule has 4 nitrogen and oxygen atoms in total. The summed E-state index contributed by atoms with van der Waals surface area (Å²) in [6, 6.07) is 0. The van der Waals surface area contributed by atoms with Crippen molar-refractivity contribution in [3.05, 3.63) is 11.6 Å². The Kier molecular flexibility index (Phi) is 2.64. The number of carbonyl (C=O) groups is 1. The Bertz CT molecular complexity index is 453. The summed E-state index contributed by atoms with van der Waals surface area (Å²) in [6.07, 6.45) is 3.28. The second-order valence-corrected chi connectivity index (χ2v) is 6.90. The van der Waals surface area contributed by atoms with Crippen LogP contribution in [0.15, 0.2) is 11.6 Å². The van der Waals surface area contributed by atoms with Crippen LogP contribution in [0.2, 0.25) is 0 Å². The number of fused-ring (bicyclic) bond motifs is 3. The number of aliphatic hydroxyl groups is 2. The Labute approximate surface area is 113 Å². The van der Waals surface area contributed by atoms with Gasteiger partial charge >= 0.3 is 5.97 Å². The standard InChI is InChI=1S/C15H22O4/c1-8-9-4-6-14(2)7-5-10(16)15(3,18)12(14)11(9)19-13(8)17/h4,8,10-12,16,18H,5-7H2,1-3H3/t8-,10+,11-,12+,14-,15-/m0/s1. The third kappa shape index (κ3) is 1.62. The summed E-state index contributed by atoms with van der Waals surface area (Å²) in [5.41, 5.74) is -0.329. The van der Waals surface area contributed by atoms with E-state index >= 15 is 0 Å². The topological polar surface area (TPSA) is 66.8 Å². The SMILES string of the molecule is C[C@@H]1C(=O)O[C@H]2C1=CC[C@@]1(C)CC[C@@H](O)[C@](C)(O)[C@H]21. The van der Waals surface area contributed by atoms with Crippen LogP contribution in [0, 0.1) is 17.3 Å². The van der Waals surface area contributed by atoms with Crippen LogP contribution < -0.4 is 0 Å². The van der Waals surface area contributed by atoms with Crippen LogP contribution >= 0.6 is 0 Å². The number of hydrogen-bond donors (Lipinski definition) is 2. The summed E-state index contributed by atoms with van der Waals surface area (Å²) in [5.74, 6) is -0.654. The molecule has 4 heteroatoms. The van der Waals surface area contributed by atoms with Gasteiger partial charge in [-0.3, -0.25) is 4.79 Å². The number of allylic oxidation sites excluding steroid dienone is 1. The van der Waals surface area contributed by atoms with Crippen molar-refractivity contribution in [1.29, 1.82) is 0 Å². The lowest BCUT2D eigenvalue weighted by Crippen LogP contribution is -2.61. The van der Waals surface area contributed by atoms with Gasteiger partial charge in [-0.25, -0.2) is 0 Å². The minimum atomic E-state index is -1.21. The molecule has 0 aromatic carbocycles. The number of ether oxygens (including phenoxy) is 1. The first-order valence-electron chi connectivity index (χ1n) is 7.08. The van der Waals surface area contributed by atoms with Crippen LogP contribution in [0.4, 0.5) is 0 Å². The highest BCUT2D eigenvalue weighted by Crippen LogP contribution is 2.56. The summed E-state index contributed by atoms with van der Waals surface area (Å²) in [5, 5.41) is 20.9. The minimum absolute atomic E-state index is 0.110. The van der Waals surface area contributed by atoms with Crippen LogP contribution in [0.25, 0.3) is 0 Å². The van der Waals surface area contributed by atoms with E-state index in [0.717, 1.165) is 18.4 Å². The van der Waals surface area contributed by atoms with Crippen molar-refractivity contribution in [2.45, 2.75) is 57.8 Å². The Morgan fingerprint density at radius 2 is 2.11 bits per heavy atom. The average Bonchev–Trinajstić information content (AvgIpc) is 2.60. The molecule has 0 radical (unpaired) electrons. The van der Waals surface area contributed by atoms with E-state index in [4.69, 9.17) is 4.74 Å². The maximum absolute atomic E-state index is 11.8. The second-order valence-electron chi connectivity index (χ2n) is 6.90. The second kappa shape index (κ2) is 3.83. The molecule has 0 aromatic heterocycles. The molecule has 0 unspecified atom stereocenters. The van der Waals surface area contributed by atoms with Crippen LogP contribution in [0.1, 0.15) is 40.0 Å². The maximum Gasteiger partial charge on any atom is 0.313 e. The maximum atomic E-state index is 11.8. The van der Waals surface area contributed by atoms with Gasteiger partial charge < -0.3 is 14.9 Å². The molecule has 2 N–H and O–H groups in total. The highest BCUT2D eigenvalue weighted by atomic mass is 16.6. The van der Waals surface area contributed by atoms with Crippen molar-refractivity contribution in [2.75, 3.05) is 0 Å². The Morgan fingerprint density at radius 1 is 1.42 bits per heavy atom. The zero-order valence-electron chi connectivity index (χ0n) is 11.7. The predicted octanol–water partition coefficient (Wildman–Crippen LogP) is 1.41. The number of aliphatic hydroxyl groups excluding tert-OH is 1. The molecular weight excluding hydrogens is 244 g/mol. The Hall–Kier alpha value is -0.870. The van der Waals surface area contributed by atoms with E-state index in [0.29, 0.717) is 6.42 Å². The molecule has 19 heavy (non-hydrogen) atoms. The van der Waals surface area contributed by atoms with Crippen LogP contribution in [-0.4, -0.2) is 34.0 Å². The summed E-state index contributed by atoms with van der Waals surface area (Å²) in [4.78, 5) is 11.8. The minimum Gasteiger partial charge on any atom is -0.457 e. The van der Waals surface area contributed by atoms with Gasteiger partial charge in [-0.15, -0.1) is 0 Å². The van der Waals surface area contributed by atoms with Crippen LogP contribution in [0.3, 0.4) is 0 Å². The van der Waals surface area contributed by atoms with Crippen molar-refractivity contribution < 1.29 is 19.7 Å². The lowest BCUT2D eigenvalue weighted by atomic mass is 9.53. The third-order valence-corrected chi connectivity index (χ3v) is 5.58. The van der Waals surface area contributed by atoms with E-state index in [9.17, 15) is 15.0 Å². The van der Waals surface area contributed by atoms with Crippen molar-refractivity contribution in [2.24, 2.45) is 17.3 Å². The van der Waals surface area contributed by atoms with Crippen LogP contribution in [0.5, 0.6) is 0 Å². The Balaban J connectivity index is 2.06. The molecule has 1 heterocycles. The van der Waals surface area contributed by atoms with Gasteiger partial charge in [0.15, 0.2) is 0 Å². The highest BCUT2D eigenvalue weighted by molar-refractivity contribution is 5.79. The number of esters is 1. The molecule has 1 aliphatic heterocycles. The number of rotatable bonds is 0. The van der Waals surface area contributed by atoms with Gasteiger partial charge in [0.2, 0.25) is 0 Å². The molecule has 106 valence electrons. The van der Waals surface area contributed by atoms with Gasteiger partial charge in [-0.05, 0) is 44.1 Å². The van der Waals surface area contributed by atoms with E-state index < -0.39 is 11.7 Å². The fourth-order valence-electron chi connectivity index (χ4n) is 4.31. The van der Waals surface area contributed by atoms with E-state index in [1.807, 2.05) is 6.92 Å². The monoisotopic (exact) mass is 266 g/mol. The van der Waals surface area contributed by atoms with Crippen LogP contribution in [-0.2, 0) is 9.53 Å². The summed E-state index contributed by atoms with van der Waals surface area (Å²) in [6.45, 7) is 5.66. The van der Waals surface area contributed by atoms with E-state index in [-0.39, 0.29) is 29.3 Å². The van der Waals surface area contributed by atoms with Crippen molar-refractivity contribution in [1.82, 2.24) is 0 Å². The highest BCUT2D eigenvalue weighted by Gasteiger charge is 2.61. The van der Waals surface area contributed by atoms with Gasteiger partial charge in [-0.2, -0.15) is 0 Å². The lowest BCUT2D eigenvalue weighted by Gasteiger charge is -2.55. The molecular formula is C15H22O4. The number of carbonyl (C=O) groups excluding carboxylic acids is 1. The molecule has 3 aliphatic rings. The zero-order chi connectivity index (χ0) is 14.0. The predicted molar refractivity (Wildman–Crippen MR) is 69.2 cm³/mol. The summed E-state index contributed by atoms with van der Waals surface area (Å²) >= 11 is 0. The normalized spacial score (nSPS) is 53.1. The van der Waals surface area contributed by atoms with E-state index in [1.165, 1.54) is 0 Å². The van der Waals surface area contributed by atoms with Gasteiger partial charge in [0, 0.05) is 5.92 Å². The molecule has 1 saturated heterocycles. The first kappa shape index (κ1) is 13.1. The fraction of sp³-hybridized carbons (Fsp3) is 0.800. The van der Waals surface area contributed by atoms with Crippen molar-refractivity contribution in [3.63, 3.8) is 0 Å². The van der Waals surface area contributed by atoms with E-state index in [2.05, 4.69) is 13.0 Å². The third-order valence-electron chi connectivity index (χ3n) is 5.58. The van der Waals surface area contributed by atoms with Gasteiger partial charge in [0.05, 0.1) is 17.6 Å². The fourth-order valence-corrected chi connectivity index (χ4v) is 4.31. The molecule has 3 rings (SSSR count). The number of hydrogen-bond acceptors (Lipinski definition) is 4. The molecule has 1 saturated carbocycles. The summed E-state index contributed by atoms with van der Waals surface area (Å²) in [7, 11) is 0. The van der Waals surface area contributed by atoms with Crippen molar-refractivity contribution >= 4 is 5.97 Å². The molecule has 0 spiro atoms. The lowest BCUT2D eigenvalue weighted by molar-refractivity contribution is -0.198. The van der Waals surface area contributed by atoms with Gasteiger partial charge in [0.1, 0.15) is 6.10 Å². The van der Waals surface area contributed by atoms with Gasteiger partial charge in [0.25, 0.3) is 0 Å². The molecule has 2 fully saturated rings. The van der Waals surface area contributed by atoms with E-state index in [1.54, 1.807) is 6.92 Å². The first-order chi connectivity index (χ1) is 8.77. The molecule has 0 amide bonds. The summed E-state index contributed by atoms with van der Waals surface area (Å²) < 4.78 is 5.52. The molecule has 2 aliphatic carbocycles. The largest absolute Gasteiger partial charge is 0.457 e. The zero-order valence-corrected chi connectivity index (χ0v) is 11.7. The Morgan fingerprint density at radius 3 is 2.79 bits per heavy atom. The quantitative estimate of drug-likeness (QED) is 0.514.